The number of fused-ring (bicyclic) bond motifs is 1. The Bertz CT molecular complexity index is 1180. The minimum absolute atomic E-state index is 0.0913. The van der Waals surface area contributed by atoms with E-state index in [1.165, 1.54) is 16.9 Å². The van der Waals surface area contributed by atoms with Crippen LogP contribution in [0.15, 0.2) is 41.9 Å². The van der Waals surface area contributed by atoms with Crippen LogP contribution in [0.5, 0.6) is 5.19 Å². The Morgan fingerprint density at radius 2 is 1.94 bits per heavy atom. The van der Waals surface area contributed by atoms with Gasteiger partial charge in [0, 0.05) is 37.2 Å². The van der Waals surface area contributed by atoms with E-state index in [2.05, 4.69) is 38.8 Å². The lowest BCUT2D eigenvalue weighted by Gasteiger charge is -2.34. The molecule has 10 heteroatoms. The highest BCUT2D eigenvalue weighted by Gasteiger charge is 2.27. The molecular weight excluding hydrogens is 466 g/mol. The van der Waals surface area contributed by atoms with Crippen LogP contribution in [0.25, 0.3) is 16.2 Å². The first-order valence-electron chi connectivity index (χ1n) is 11.7. The van der Waals surface area contributed by atoms with E-state index < -0.39 is 0 Å². The molecule has 0 aliphatic carbocycles. The molecule has 1 atom stereocenters. The molecule has 5 rings (SSSR count). The van der Waals surface area contributed by atoms with Crippen molar-refractivity contribution in [3.05, 3.63) is 42.5 Å². The van der Waals surface area contributed by atoms with Gasteiger partial charge in [-0.15, -0.1) is 16.9 Å². The number of pyridine rings is 1. The molecule has 0 spiro atoms. The SMILES string of the molecule is CCCc1cnc(N2CCC(C(C)Oc3nn4cc(-c5ccc(SC)nc5)nc4s3)CC2)nc1. The summed E-state index contributed by atoms with van der Waals surface area (Å²) in [6.07, 6.45) is 14.1. The maximum Gasteiger partial charge on any atom is 0.294 e. The summed E-state index contributed by atoms with van der Waals surface area (Å²) in [5, 5.41) is 6.27. The lowest BCUT2D eigenvalue weighted by Crippen LogP contribution is -2.39. The number of thioether (sulfide) groups is 1. The van der Waals surface area contributed by atoms with Crippen LogP contribution < -0.4 is 9.64 Å². The van der Waals surface area contributed by atoms with Crippen LogP contribution in [0, 0.1) is 5.92 Å². The summed E-state index contributed by atoms with van der Waals surface area (Å²) >= 11 is 3.11. The van der Waals surface area contributed by atoms with Gasteiger partial charge in [-0.1, -0.05) is 13.3 Å². The van der Waals surface area contributed by atoms with Crippen LogP contribution in [0.1, 0.15) is 38.7 Å². The molecule has 4 aromatic heterocycles. The summed E-state index contributed by atoms with van der Waals surface area (Å²) < 4.78 is 8.04. The summed E-state index contributed by atoms with van der Waals surface area (Å²) in [4.78, 5) is 21.4. The molecule has 0 aromatic carbocycles. The molecule has 34 heavy (non-hydrogen) atoms. The smallest absolute Gasteiger partial charge is 0.294 e. The predicted octanol–water partition coefficient (Wildman–Crippen LogP) is 5.00. The van der Waals surface area contributed by atoms with Crippen molar-refractivity contribution in [3.8, 4) is 16.5 Å². The summed E-state index contributed by atoms with van der Waals surface area (Å²) in [5.41, 5.74) is 3.06. The van der Waals surface area contributed by atoms with E-state index in [4.69, 9.17) is 9.72 Å². The Labute approximate surface area is 207 Å². The van der Waals surface area contributed by atoms with Gasteiger partial charge in [-0.3, -0.25) is 0 Å². The zero-order valence-electron chi connectivity index (χ0n) is 19.7. The minimum Gasteiger partial charge on any atom is -0.466 e. The number of ether oxygens (including phenoxy) is 1. The number of hydrogen-bond acceptors (Lipinski definition) is 9. The molecule has 1 unspecified atom stereocenters. The Morgan fingerprint density at radius 1 is 1.15 bits per heavy atom. The fourth-order valence-electron chi connectivity index (χ4n) is 4.27. The molecule has 1 aliphatic heterocycles. The van der Waals surface area contributed by atoms with Gasteiger partial charge in [-0.25, -0.2) is 24.5 Å². The topological polar surface area (TPSA) is 81.3 Å². The van der Waals surface area contributed by atoms with Crippen LogP contribution in [0.2, 0.25) is 0 Å². The van der Waals surface area contributed by atoms with Crippen LogP contribution in [-0.4, -0.2) is 55.0 Å². The Balaban J connectivity index is 1.17. The third-order valence-corrected chi connectivity index (χ3v) is 7.74. The maximum absolute atomic E-state index is 6.24. The largest absolute Gasteiger partial charge is 0.466 e. The van der Waals surface area contributed by atoms with Crippen molar-refractivity contribution in [3.63, 3.8) is 0 Å². The fraction of sp³-hybridized carbons (Fsp3) is 0.458. The molecule has 8 nitrogen and oxygen atoms in total. The van der Waals surface area contributed by atoms with E-state index in [9.17, 15) is 0 Å². The van der Waals surface area contributed by atoms with Gasteiger partial charge in [0.05, 0.1) is 16.9 Å². The highest BCUT2D eigenvalue weighted by molar-refractivity contribution is 7.98. The van der Waals surface area contributed by atoms with Gasteiger partial charge in [0.2, 0.25) is 10.9 Å². The van der Waals surface area contributed by atoms with Gasteiger partial charge < -0.3 is 9.64 Å². The second kappa shape index (κ2) is 10.3. The van der Waals surface area contributed by atoms with E-state index in [0.717, 1.165) is 66.0 Å². The van der Waals surface area contributed by atoms with E-state index in [0.29, 0.717) is 11.1 Å². The van der Waals surface area contributed by atoms with Crippen LogP contribution >= 0.6 is 23.1 Å². The zero-order valence-corrected chi connectivity index (χ0v) is 21.3. The quantitative estimate of drug-likeness (QED) is 0.316. The second-order valence-corrected chi connectivity index (χ2v) is 10.3. The number of imidazole rings is 1. The summed E-state index contributed by atoms with van der Waals surface area (Å²) in [5.74, 6) is 1.31. The van der Waals surface area contributed by atoms with Gasteiger partial charge in [0.15, 0.2) is 0 Å². The van der Waals surface area contributed by atoms with Crippen molar-refractivity contribution < 1.29 is 4.74 Å². The first kappa shape index (κ1) is 23.0. The monoisotopic (exact) mass is 495 g/mol. The standard InChI is InChI=1S/C24H29N7OS2/c1-4-5-17-12-26-22(27-13-17)30-10-8-18(9-11-30)16(2)32-24-29-31-15-20(28-23(31)34-24)19-6-7-21(33-3)25-14-19/h6-7,12-16,18H,4-5,8-11H2,1-3H3. The number of aromatic nitrogens is 6. The fourth-order valence-corrected chi connectivity index (χ4v) is 5.45. The Kier molecular flexibility index (Phi) is 6.96. The first-order valence-corrected chi connectivity index (χ1v) is 13.8. The molecule has 0 bridgehead atoms. The van der Waals surface area contributed by atoms with Crippen molar-refractivity contribution >= 4 is 34.0 Å². The van der Waals surface area contributed by atoms with Crippen molar-refractivity contribution in [2.75, 3.05) is 24.2 Å². The van der Waals surface area contributed by atoms with Gasteiger partial charge in [-0.2, -0.15) is 0 Å². The molecule has 1 fully saturated rings. The summed E-state index contributed by atoms with van der Waals surface area (Å²) in [6, 6.07) is 4.05. The van der Waals surface area contributed by atoms with Crippen molar-refractivity contribution in [2.45, 2.75) is 50.7 Å². The van der Waals surface area contributed by atoms with E-state index in [1.807, 2.05) is 43.2 Å². The van der Waals surface area contributed by atoms with Gasteiger partial charge >= 0.3 is 0 Å². The number of nitrogens with zero attached hydrogens (tertiary/aromatic N) is 7. The average Bonchev–Trinajstić information content (AvgIpc) is 3.44. The van der Waals surface area contributed by atoms with Crippen molar-refractivity contribution in [1.82, 2.24) is 29.5 Å². The van der Waals surface area contributed by atoms with Crippen LogP contribution in [-0.2, 0) is 6.42 Å². The number of rotatable bonds is 8. The van der Waals surface area contributed by atoms with Gasteiger partial charge in [0.25, 0.3) is 5.19 Å². The predicted molar refractivity (Wildman–Crippen MR) is 137 cm³/mol. The zero-order chi connectivity index (χ0) is 23.5. The summed E-state index contributed by atoms with van der Waals surface area (Å²) in [7, 11) is 0. The minimum atomic E-state index is 0.0913. The first-order chi connectivity index (χ1) is 16.6. The van der Waals surface area contributed by atoms with Gasteiger partial charge in [-0.05, 0) is 67.4 Å². The van der Waals surface area contributed by atoms with E-state index >= 15 is 0 Å². The molecule has 4 aromatic rings. The molecule has 0 radical (unpaired) electrons. The molecule has 0 saturated carbocycles. The van der Waals surface area contributed by atoms with E-state index in [1.54, 1.807) is 16.3 Å². The normalized spacial score (nSPS) is 15.7. The molecule has 0 amide bonds. The molecule has 1 aliphatic rings. The highest BCUT2D eigenvalue weighted by Crippen LogP contribution is 2.30. The summed E-state index contributed by atoms with van der Waals surface area (Å²) in [6.45, 7) is 6.20. The molecule has 5 heterocycles. The maximum atomic E-state index is 6.24. The Hall–Kier alpha value is -2.72. The number of anilines is 1. The third kappa shape index (κ3) is 5.02. The van der Waals surface area contributed by atoms with Gasteiger partial charge in [0.1, 0.15) is 6.10 Å². The average molecular weight is 496 g/mol. The molecule has 178 valence electrons. The highest BCUT2D eigenvalue weighted by atomic mass is 32.2. The molecular formula is C24H29N7OS2. The number of hydrogen-bond donors (Lipinski definition) is 0. The Morgan fingerprint density at radius 3 is 2.59 bits per heavy atom. The number of aryl methyl sites for hydroxylation is 1. The van der Waals surface area contributed by atoms with E-state index in [-0.39, 0.29) is 6.10 Å². The lowest BCUT2D eigenvalue weighted by atomic mass is 9.92. The lowest BCUT2D eigenvalue weighted by molar-refractivity contribution is 0.131. The van der Waals surface area contributed by atoms with Crippen molar-refractivity contribution in [1.29, 1.82) is 0 Å². The van der Waals surface area contributed by atoms with Crippen LogP contribution in [0.4, 0.5) is 5.95 Å². The van der Waals surface area contributed by atoms with Crippen molar-refractivity contribution in [2.24, 2.45) is 5.92 Å². The molecule has 1 saturated heterocycles. The third-order valence-electron chi connectivity index (χ3n) is 6.27. The number of piperidine rings is 1. The van der Waals surface area contributed by atoms with Crippen LogP contribution in [0.3, 0.4) is 0 Å². The second-order valence-electron chi connectivity index (χ2n) is 8.60. The molecule has 0 N–H and O–H groups in total.